The summed E-state index contributed by atoms with van der Waals surface area (Å²) in [6.07, 6.45) is 1.48. The van der Waals surface area contributed by atoms with E-state index in [2.05, 4.69) is 10.2 Å². The molecule has 1 saturated heterocycles. The summed E-state index contributed by atoms with van der Waals surface area (Å²) in [5.41, 5.74) is 0.601. The van der Waals surface area contributed by atoms with Crippen molar-refractivity contribution in [2.75, 3.05) is 32.7 Å². The van der Waals surface area contributed by atoms with Crippen molar-refractivity contribution in [3.8, 4) is 5.75 Å². The number of nitrogens with zero attached hydrogens (tertiary/aromatic N) is 2. The number of hydrogen-bond donors (Lipinski definition) is 1. The number of hydrogen-bond acceptors (Lipinski definition) is 4. The molecule has 1 aromatic carbocycles. The molecule has 0 bridgehead atoms. The highest BCUT2D eigenvalue weighted by Crippen LogP contribution is 2.23. The van der Waals surface area contributed by atoms with E-state index in [-0.39, 0.29) is 18.0 Å². The number of carbonyl (C=O) groups excluding carboxylic acids is 2. The third kappa shape index (κ3) is 3.82. The van der Waals surface area contributed by atoms with Crippen LogP contribution in [-0.4, -0.2) is 60.6 Å². The number of benzene rings is 1. The Kier molecular flexibility index (Phi) is 4.81. The number of fused-ring (bicyclic) bond motifs is 1. The molecule has 0 radical (unpaired) electrons. The van der Waals surface area contributed by atoms with Gasteiger partial charge in [0.25, 0.3) is 5.91 Å². The van der Waals surface area contributed by atoms with Crippen molar-refractivity contribution < 1.29 is 14.3 Å². The molecule has 6 nitrogen and oxygen atoms in total. The summed E-state index contributed by atoms with van der Waals surface area (Å²) in [5.74, 6) is 0.755. The Bertz CT molecular complexity index is 582. The number of ether oxygens (including phenoxy) is 1. The lowest BCUT2D eigenvalue weighted by Crippen LogP contribution is -2.48. The SMILES string of the molecule is CC(=O)N1CCN(CCCC2NC(=O)c3ccccc3O2)CC1. The molecule has 6 heteroatoms. The zero-order chi connectivity index (χ0) is 16.2. The Labute approximate surface area is 136 Å². The summed E-state index contributed by atoms with van der Waals surface area (Å²) >= 11 is 0. The molecule has 23 heavy (non-hydrogen) atoms. The number of rotatable bonds is 4. The van der Waals surface area contributed by atoms with Crippen molar-refractivity contribution in [2.24, 2.45) is 0 Å². The fourth-order valence-electron chi connectivity index (χ4n) is 3.08. The number of nitrogens with one attached hydrogen (secondary N) is 1. The fraction of sp³-hybridized carbons (Fsp3) is 0.529. The van der Waals surface area contributed by atoms with Gasteiger partial charge in [-0.25, -0.2) is 0 Å². The summed E-state index contributed by atoms with van der Waals surface area (Å²) in [5, 5.41) is 2.90. The van der Waals surface area contributed by atoms with Gasteiger partial charge in [0.1, 0.15) is 5.75 Å². The molecule has 1 atom stereocenters. The zero-order valence-electron chi connectivity index (χ0n) is 13.5. The maximum Gasteiger partial charge on any atom is 0.257 e. The standard InChI is InChI=1S/C17H23N3O3/c1-13(21)20-11-9-19(10-12-20)8-4-7-16-18-17(22)14-5-2-3-6-15(14)23-16/h2-3,5-6,16H,4,7-12H2,1H3,(H,18,22). The molecule has 1 fully saturated rings. The maximum atomic E-state index is 12.0. The van der Waals surface area contributed by atoms with Crippen LogP contribution in [0.1, 0.15) is 30.1 Å². The first kappa shape index (κ1) is 15.8. The molecule has 1 N–H and O–H groups in total. The zero-order valence-corrected chi connectivity index (χ0v) is 13.5. The van der Waals surface area contributed by atoms with Gasteiger partial charge in [-0.15, -0.1) is 0 Å². The summed E-state index contributed by atoms with van der Waals surface area (Å²) in [6.45, 7) is 6.03. The second-order valence-corrected chi connectivity index (χ2v) is 6.07. The highest BCUT2D eigenvalue weighted by Gasteiger charge is 2.25. The Morgan fingerprint density at radius 2 is 2.00 bits per heavy atom. The van der Waals surface area contributed by atoms with Gasteiger partial charge in [-0.05, 0) is 25.1 Å². The van der Waals surface area contributed by atoms with Crippen molar-refractivity contribution in [2.45, 2.75) is 26.0 Å². The molecule has 1 aromatic rings. The largest absolute Gasteiger partial charge is 0.470 e. The van der Waals surface area contributed by atoms with Gasteiger partial charge in [0.2, 0.25) is 5.91 Å². The van der Waals surface area contributed by atoms with Crippen molar-refractivity contribution in [3.63, 3.8) is 0 Å². The molecule has 2 aliphatic rings. The van der Waals surface area contributed by atoms with Crippen LogP contribution in [-0.2, 0) is 4.79 Å². The second kappa shape index (κ2) is 7.00. The molecule has 2 aliphatic heterocycles. The second-order valence-electron chi connectivity index (χ2n) is 6.07. The Balaban J connectivity index is 1.42. The number of carbonyl (C=O) groups is 2. The summed E-state index contributed by atoms with van der Waals surface area (Å²) in [7, 11) is 0. The third-order valence-corrected chi connectivity index (χ3v) is 4.45. The van der Waals surface area contributed by atoms with Crippen LogP contribution in [0.3, 0.4) is 0 Å². The molecular formula is C17H23N3O3. The van der Waals surface area contributed by atoms with Gasteiger partial charge < -0.3 is 15.0 Å². The minimum atomic E-state index is -0.254. The highest BCUT2D eigenvalue weighted by atomic mass is 16.5. The lowest BCUT2D eigenvalue weighted by atomic mass is 10.1. The van der Waals surface area contributed by atoms with E-state index in [1.165, 1.54) is 0 Å². The van der Waals surface area contributed by atoms with Crippen LogP contribution in [0.25, 0.3) is 0 Å². The average molecular weight is 317 g/mol. The third-order valence-electron chi connectivity index (χ3n) is 4.45. The molecule has 2 amide bonds. The number of para-hydroxylation sites is 1. The lowest BCUT2D eigenvalue weighted by molar-refractivity contribution is -0.130. The Hall–Kier alpha value is -2.08. The summed E-state index contributed by atoms with van der Waals surface area (Å²) in [4.78, 5) is 27.6. The maximum absolute atomic E-state index is 12.0. The van der Waals surface area contributed by atoms with Gasteiger partial charge in [-0.3, -0.25) is 14.5 Å². The minimum Gasteiger partial charge on any atom is -0.470 e. The van der Waals surface area contributed by atoms with E-state index in [0.717, 1.165) is 45.6 Å². The molecule has 0 aromatic heterocycles. The first-order chi connectivity index (χ1) is 11.1. The number of piperazine rings is 1. The topological polar surface area (TPSA) is 61.9 Å². The minimum absolute atomic E-state index is 0.0630. The van der Waals surface area contributed by atoms with E-state index in [1.807, 2.05) is 23.1 Å². The predicted molar refractivity (Wildman–Crippen MR) is 86.3 cm³/mol. The highest BCUT2D eigenvalue weighted by molar-refractivity contribution is 5.97. The lowest BCUT2D eigenvalue weighted by Gasteiger charge is -2.34. The van der Waals surface area contributed by atoms with E-state index in [4.69, 9.17) is 4.74 Å². The van der Waals surface area contributed by atoms with E-state index in [1.54, 1.807) is 13.0 Å². The van der Waals surface area contributed by atoms with Gasteiger partial charge >= 0.3 is 0 Å². The van der Waals surface area contributed by atoms with E-state index < -0.39 is 0 Å². The monoisotopic (exact) mass is 317 g/mol. The average Bonchev–Trinajstić information content (AvgIpc) is 2.55. The van der Waals surface area contributed by atoms with Crippen molar-refractivity contribution in [3.05, 3.63) is 29.8 Å². The molecule has 2 heterocycles. The van der Waals surface area contributed by atoms with Crippen LogP contribution in [0.4, 0.5) is 0 Å². The van der Waals surface area contributed by atoms with Crippen LogP contribution in [0.5, 0.6) is 5.75 Å². The van der Waals surface area contributed by atoms with E-state index in [0.29, 0.717) is 11.3 Å². The first-order valence-electron chi connectivity index (χ1n) is 8.18. The van der Waals surface area contributed by atoms with Crippen LogP contribution in [0, 0.1) is 0 Å². The van der Waals surface area contributed by atoms with Gasteiger partial charge in [0.05, 0.1) is 5.56 Å². The quantitative estimate of drug-likeness (QED) is 0.903. The van der Waals surface area contributed by atoms with E-state index >= 15 is 0 Å². The molecule has 0 saturated carbocycles. The Morgan fingerprint density at radius 3 is 2.74 bits per heavy atom. The molecule has 0 aliphatic carbocycles. The molecular weight excluding hydrogens is 294 g/mol. The van der Waals surface area contributed by atoms with Crippen LogP contribution in [0.15, 0.2) is 24.3 Å². The molecule has 124 valence electrons. The van der Waals surface area contributed by atoms with Crippen LogP contribution in [0.2, 0.25) is 0 Å². The Morgan fingerprint density at radius 1 is 1.26 bits per heavy atom. The van der Waals surface area contributed by atoms with Crippen molar-refractivity contribution >= 4 is 11.8 Å². The smallest absolute Gasteiger partial charge is 0.257 e. The van der Waals surface area contributed by atoms with E-state index in [9.17, 15) is 9.59 Å². The van der Waals surface area contributed by atoms with Crippen LogP contribution >= 0.6 is 0 Å². The summed E-state index contributed by atoms with van der Waals surface area (Å²) < 4.78 is 5.84. The molecule has 0 spiro atoms. The van der Waals surface area contributed by atoms with Gasteiger partial charge in [-0.2, -0.15) is 0 Å². The van der Waals surface area contributed by atoms with Crippen molar-refractivity contribution in [1.82, 2.24) is 15.1 Å². The van der Waals surface area contributed by atoms with Crippen molar-refractivity contribution in [1.29, 1.82) is 0 Å². The fourth-order valence-corrected chi connectivity index (χ4v) is 3.08. The molecule has 3 rings (SSSR count). The number of amides is 2. The predicted octanol–water partition coefficient (Wildman–Crippen LogP) is 1.08. The summed E-state index contributed by atoms with van der Waals surface area (Å²) in [6, 6.07) is 7.32. The normalized spacial score (nSPS) is 21.3. The van der Waals surface area contributed by atoms with Crippen LogP contribution < -0.4 is 10.1 Å². The molecule has 1 unspecified atom stereocenters. The first-order valence-corrected chi connectivity index (χ1v) is 8.18. The van der Waals surface area contributed by atoms with Gasteiger partial charge in [-0.1, -0.05) is 12.1 Å². The van der Waals surface area contributed by atoms with Gasteiger partial charge in [0, 0.05) is 39.5 Å². The van der Waals surface area contributed by atoms with Gasteiger partial charge in [0.15, 0.2) is 6.23 Å².